The number of phenols is 1. The van der Waals surface area contributed by atoms with Crippen molar-refractivity contribution < 1.29 is 15.0 Å². The summed E-state index contributed by atoms with van der Waals surface area (Å²) in [5.41, 5.74) is 4.31. The molecule has 0 atom stereocenters. The fourth-order valence-electron chi connectivity index (χ4n) is 6.65. The third-order valence-corrected chi connectivity index (χ3v) is 7.48. The lowest BCUT2D eigenvalue weighted by Crippen LogP contribution is -2.48. The number of benzene rings is 2. The number of carboxylic acids is 1. The van der Waals surface area contributed by atoms with Crippen LogP contribution < -0.4 is 5.32 Å². The highest BCUT2D eigenvalue weighted by Crippen LogP contribution is 2.62. The number of anilines is 2. The zero-order valence-corrected chi connectivity index (χ0v) is 16.7. The normalized spacial score (nSPS) is 29.7. The van der Waals surface area contributed by atoms with Gasteiger partial charge in [0.1, 0.15) is 5.75 Å². The first-order chi connectivity index (χ1) is 14.0. The molecular weight excluding hydrogens is 362 g/mol. The van der Waals surface area contributed by atoms with Crippen LogP contribution in [0.4, 0.5) is 11.4 Å². The minimum Gasteiger partial charge on any atom is -0.508 e. The van der Waals surface area contributed by atoms with Crippen molar-refractivity contribution in [3.8, 4) is 5.75 Å². The van der Waals surface area contributed by atoms with Gasteiger partial charge in [0.05, 0.1) is 0 Å². The lowest BCUT2D eigenvalue weighted by atomic mass is 9.48. The molecule has 0 aromatic heterocycles. The Kier molecular flexibility index (Phi) is 4.53. The maximum atomic E-state index is 10.7. The Bertz CT molecular complexity index is 883. The Labute approximate surface area is 172 Å². The van der Waals surface area contributed by atoms with Crippen LogP contribution in [-0.2, 0) is 16.6 Å². The Hall–Kier alpha value is -2.49. The van der Waals surface area contributed by atoms with Crippen LogP contribution in [0.3, 0.4) is 0 Å². The van der Waals surface area contributed by atoms with E-state index in [1.807, 2.05) is 36.4 Å². The third kappa shape index (κ3) is 3.61. The van der Waals surface area contributed by atoms with E-state index in [9.17, 15) is 9.90 Å². The average Bonchev–Trinajstić information content (AvgIpc) is 2.68. The summed E-state index contributed by atoms with van der Waals surface area (Å²) < 4.78 is 0. The summed E-state index contributed by atoms with van der Waals surface area (Å²) >= 11 is 0. The number of aryl methyl sites for hydroxylation is 1. The topological polar surface area (TPSA) is 69.6 Å². The Morgan fingerprint density at radius 1 is 0.931 bits per heavy atom. The fourth-order valence-corrected chi connectivity index (χ4v) is 6.65. The SMILES string of the molecule is O=C(O)CCc1ccc(Nc2ccc(O)c(C34CC5CC(CC(C5)C3)C4)c2)cc1. The number of carboxylic acid groups (broad SMARTS) is 1. The molecule has 0 spiro atoms. The van der Waals surface area contributed by atoms with Crippen molar-refractivity contribution in [2.24, 2.45) is 17.8 Å². The highest BCUT2D eigenvalue weighted by molar-refractivity contribution is 5.67. The second kappa shape index (κ2) is 7.08. The summed E-state index contributed by atoms with van der Waals surface area (Å²) in [5.74, 6) is 2.21. The van der Waals surface area contributed by atoms with Crippen LogP contribution in [0.5, 0.6) is 5.75 Å². The van der Waals surface area contributed by atoms with E-state index in [1.54, 1.807) is 0 Å². The van der Waals surface area contributed by atoms with Crippen molar-refractivity contribution in [2.45, 2.75) is 56.8 Å². The molecule has 2 aromatic carbocycles. The number of phenolic OH excluding ortho intramolecular Hbond substituents is 1. The summed E-state index contributed by atoms with van der Waals surface area (Å²) in [6.07, 6.45) is 8.57. The first-order valence-electron chi connectivity index (χ1n) is 10.9. The van der Waals surface area contributed by atoms with Crippen molar-refractivity contribution in [1.82, 2.24) is 0 Å². The van der Waals surface area contributed by atoms with E-state index in [0.29, 0.717) is 12.2 Å². The highest BCUT2D eigenvalue weighted by atomic mass is 16.4. The minimum absolute atomic E-state index is 0.152. The highest BCUT2D eigenvalue weighted by Gasteiger charge is 2.52. The van der Waals surface area contributed by atoms with Crippen molar-refractivity contribution in [3.63, 3.8) is 0 Å². The molecule has 4 nitrogen and oxygen atoms in total. The molecule has 2 aromatic rings. The largest absolute Gasteiger partial charge is 0.508 e. The molecule has 6 rings (SSSR count). The molecule has 0 saturated heterocycles. The predicted molar refractivity (Wildman–Crippen MR) is 114 cm³/mol. The maximum Gasteiger partial charge on any atom is 0.303 e. The molecule has 0 radical (unpaired) electrons. The number of rotatable bonds is 6. The fraction of sp³-hybridized carbons (Fsp3) is 0.480. The molecule has 29 heavy (non-hydrogen) atoms. The van der Waals surface area contributed by atoms with Gasteiger partial charge in [0, 0.05) is 23.4 Å². The molecule has 4 aliphatic rings. The molecule has 0 amide bonds. The molecule has 4 fully saturated rings. The van der Waals surface area contributed by atoms with E-state index < -0.39 is 5.97 Å². The summed E-state index contributed by atoms with van der Waals surface area (Å²) in [5, 5.41) is 23.0. The number of aromatic hydroxyl groups is 1. The van der Waals surface area contributed by atoms with E-state index in [1.165, 1.54) is 38.5 Å². The summed E-state index contributed by atoms with van der Waals surface area (Å²) in [6, 6.07) is 13.9. The van der Waals surface area contributed by atoms with E-state index in [0.717, 1.165) is 40.3 Å². The van der Waals surface area contributed by atoms with Crippen LogP contribution in [0.1, 0.15) is 56.1 Å². The Morgan fingerprint density at radius 2 is 1.52 bits per heavy atom. The molecule has 152 valence electrons. The summed E-state index contributed by atoms with van der Waals surface area (Å²) in [7, 11) is 0. The number of nitrogens with one attached hydrogen (secondary N) is 1. The van der Waals surface area contributed by atoms with Gasteiger partial charge in [0.25, 0.3) is 0 Å². The first kappa shape index (κ1) is 18.5. The quantitative estimate of drug-likeness (QED) is 0.559. The number of carbonyl (C=O) groups is 1. The van der Waals surface area contributed by atoms with Gasteiger partial charge in [-0.15, -0.1) is 0 Å². The number of aliphatic carboxylic acids is 1. The van der Waals surface area contributed by atoms with Crippen molar-refractivity contribution >= 4 is 17.3 Å². The van der Waals surface area contributed by atoms with Crippen LogP contribution in [0.15, 0.2) is 42.5 Å². The lowest BCUT2D eigenvalue weighted by Gasteiger charge is -2.57. The minimum atomic E-state index is -0.770. The third-order valence-electron chi connectivity index (χ3n) is 7.48. The van der Waals surface area contributed by atoms with Crippen molar-refractivity contribution in [3.05, 3.63) is 53.6 Å². The molecule has 0 unspecified atom stereocenters. The molecular formula is C25H29NO3. The smallest absolute Gasteiger partial charge is 0.303 e. The van der Waals surface area contributed by atoms with Crippen molar-refractivity contribution in [2.75, 3.05) is 5.32 Å². The standard InChI is InChI=1S/C25H29NO3/c27-23-7-6-21(26-20-4-1-16(2-5-20)3-8-24(28)29)12-22(23)25-13-17-9-18(14-25)11-19(10-17)15-25/h1-2,4-7,12,17-19,26-27H,3,8-11,13-15H2,(H,28,29). The van der Waals surface area contributed by atoms with Crippen LogP contribution in [0, 0.1) is 17.8 Å². The van der Waals surface area contributed by atoms with E-state index in [2.05, 4.69) is 11.4 Å². The maximum absolute atomic E-state index is 10.7. The van der Waals surface area contributed by atoms with Crippen LogP contribution >= 0.6 is 0 Å². The second-order valence-electron chi connectivity index (χ2n) is 9.65. The van der Waals surface area contributed by atoms with Gasteiger partial charge >= 0.3 is 5.97 Å². The number of hydrogen-bond acceptors (Lipinski definition) is 3. The van der Waals surface area contributed by atoms with Crippen molar-refractivity contribution in [1.29, 1.82) is 0 Å². The summed E-state index contributed by atoms with van der Waals surface area (Å²) in [6.45, 7) is 0. The second-order valence-corrected chi connectivity index (χ2v) is 9.65. The van der Waals surface area contributed by atoms with Gasteiger partial charge in [-0.1, -0.05) is 12.1 Å². The van der Waals surface area contributed by atoms with Gasteiger partial charge in [-0.2, -0.15) is 0 Å². The van der Waals surface area contributed by atoms with Crippen LogP contribution in [-0.4, -0.2) is 16.2 Å². The van der Waals surface area contributed by atoms with Gasteiger partial charge in [-0.25, -0.2) is 0 Å². The Balaban J connectivity index is 1.36. The Morgan fingerprint density at radius 3 is 2.10 bits per heavy atom. The summed E-state index contributed by atoms with van der Waals surface area (Å²) in [4.78, 5) is 10.7. The van der Waals surface area contributed by atoms with E-state index in [-0.39, 0.29) is 11.8 Å². The predicted octanol–water partition coefficient (Wildman–Crippen LogP) is 5.62. The first-order valence-corrected chi connectivity index (χ1v) is 10.9. The molecule has 0 heterocycles. The molecule has 0 aliphatic heterocycles. The van der Waals surface area contributed by atoms with Gasteiger partial charge in [0.15, 0.2) is 0 Å². The van der Waals surface area contributed by atoms with Crippen LogP contribution in [0.25, 0.3) is 0 Å². The van der Waals surface area contributed by atoms with Crippen LogP contribution in [0.2, 0.25) is 0 Å². The zero-order valence-electron chi connectivity index (χ0n) is 16.7. The van der Waals surface area contributed by atoms with Gasteiger partial charge in [-0.3, -0.25) is 4.79 Å². The lowest BCUT2D eigenvalue weighted by molar-refractivity contribution is -0.136. The molecule has 4 bridgehead atoms. The number of hydrogen-bond donors (Lipinski definition) is 3. The van der Waals surface area contributed by atoms with Gasteiger partial charge in [0.2, 0.25) is 0 Å². The molecule has 4 saturated carbocycles. The van der Waals surface area contributed by atoms with E-state index >= 15 is 0 Å². The molecule has 3 N–H and O–H groups in total. The van der Waals surface area contributed by atoms with E-state index in [4.69, 9.17) is 5.11 Å². The molecule has 4 aliphatic carbocycles. The zero-order chi connectivity index (χ0) is 20.0. The van der Waals surface area contributed by atoms with Gasteiger partial charge in [-0.05, 0) is 104 Å². The molecule has 4 heteroatoms. The average molecular weight is 392 g/mol. The van der Waals surface area contributed by atoms with Gasteiger partial charge < -0.3 is 15.5 Å². The monoisotopic (exact) mass is 391 g/mol.